The summed E-state index contributed by atoms with van der Waals surface area (Å²) in [6, 6.07) is 0. The van der Waals surface area contributed by atoms with Crippen LogP contribution in [0.25, 0.3) is 0 Å². The zero-order valence-electron chi connectivity index (χ0n) is 6.75. The lowest BCUT2D eigenvalue weighted by atomic mass is 10.0. The van der Waals surface area contributed by atoms with Crippen LogP contribution in [0.4, 0.5) is 0 Å². The van der Waals surface area contributed by atoms with Crippen molar-refractivity contribution >= 4 is 0 Å². The van der Waals surface area contributed by atoms with E-state index in [2.05, 4.69) is 24.8 Å². The summed E-state index contributed by atoms with van der Waals surface area (Å²) >= 11 is 0. The molecular weight excluding hydrogens is 136 g/mol. The van der Waals surface area contributed by atoms with E-state index < -0.39 is 0 Å². The van der Waals surface area contributed by atoms with Gasteiger partial charge in [0, 0.05) is 6.42 Å². The number of hydrogen-bond acceptors (Lipinski definition) is 1. The third-order valence-corrected chi connectivity index (χ3v) is 1.76. The maximum atomic E-state index is 5.04. The van der Waals surface area contributed by atoms with Crippen LogP contribution in [-0.4, -0.2) is 6.61 Å². The molecule has 0 fully saturated rings. The van der Waals surface area contributed by atoms with Crippen LogP contribution in [0.3, 0.4) is 0 Å². The van der Waals surface area contributed by atoms with E-state index in [-0.39, 0.29) is 0 Å². The minimum atomic E-state index is 0.767. The highest BCUT2D eigenvalue weighted by molar-refractivity contribution is 5.17. The zero-order chi connectivity index (χ0) is 7.94. The van der Waals surface area contributed by atoms with Crippen molar-refractivity contribution in [3.63, 3.8) is 0 Å². The standard InChI is InChI=1S/C10H14O/c1-2-11-9-8-10-6-4-3-5-7-10/h2-4,6H,1,5,7-9H2. The fourth-order valence-corrected chi connectivity index (χ4v) is 1.13. The maximum Gasteiger partial charge on any atom is 0.0910 e. The van der Waals surface area contributed by atoms with Gasteiger partial charge in [-0.15, -0.1) is 0 Å². The van der Waals surface area contributed by atoms with E-state index in [0.29, 0.717) is 0 Å². The first-order valence-corrected chi connectivity index (χ1v) is 4.00. The molecule has 0 bridgehead atoms. The van der Waals surface area contributed by atoms with Gasteiger partial charge < -0.3 is 4.74 Å². The van der Waals surface area contributed by atoms with Gasteiger partial charge in [-0.25, -0.2) is 0 Å². The zero-order valence-corrected chi connectivity index (χ0v) is 6.75. The molecule has 0 saturated carbocycles. The van der Waals surface area contributed by atoms with Gasteiger partial charge >= 0.3 is 0 Å². The smallest absolute Gasteiger partial charge is 0.0910 e. The second-order valence-electron chi connectivity index (χ2n) is 2.58. The third kappa shape index (κ3) is 3.08. The van der Waals surface area contributed by atoms with Gasteiger partial charge in [-0.3, -0.25) is 0 Å². The number of ether oxygens (including phenoxy) is 1. The summed E-state index contributed by atoms with van der Waals surface area (Å²) < 4.78 is 5.04. The van der Waals surface area contributed by atoms with Crippen molar-refractivity contribution in [3.8, 4) is 0 Å². The molecule has 1 heteroatoms. The fourth-order valence-electron chi connectivity index (χ4n) is 1.13. The molecule has 0 atom stereocenters. The molecule has 1 aliphatic rings. The highest BCUT2D eigenvalue weighted by Gasteiger charge is 1.98. The summed E-state index contributed by atoms with van der Waals surface area (Å²) in [5.74, 6) is 0. The van der Waals surface area contributed by atoms with E-state index in [1.54, 1.807) is 0 Å². The predicted molar refractivity (Wildman–Crippen MR) is 47.2 cm³/mol. The molecule has 0 unspecified atom stereocenters. The summed E-state index contributed by atoms with van der Waals surface area (Å²) in [5, 5.41) is 0. The van der Waals surface area contributed by atoms with E-state index in [9.17, 15) is 0 Å². The van der Waals surface area contributed by atoms with E-state index in [1.807, 2.05) is 0 Å². The van der Waals surface area contributed by atoms with Gasteiger partial charge in [0.1, 0.15) is 0 Å². The molecule has 0 aromatic heterocycles. The van der Waals surface area contributed by atoms with Crippen LogP contribution in [0, 0.1) is 0 Å². The Morgan fingerprint density at radius 1 is 1.64 bits per heavy atom. The van der Waals surface area contributed by atoms with Gasteiger partial charge in [-0.2, -0.15) is 0 Å². The number of rotatable bonds is 4. The van der Waals surface area contributed by atoms with Crippen molar-refractivity contribution in [2.75, 3.05) is 6.61 Å². The molecule has 1 aliphatic carbocycles. The highest BCUT2D eigenvalue weighted by atomic mass is 16.5. The van der Waals surface area contributed by atoms with Crippen LogP contribution in [0.1, 0.15) is 19.3 Å². The molecule has 0 aromatic carbocycles. The van der Waals surface area contributed by atoms with Crippen LogP contribution in [0.2, 0.25) is 0 Å². The molecule has 0 amide bonds. The molecule has 0 N–H and O–H groups in total. The molecule has 0 spiro atoms. The second-order valence-corrected chi connectivity index (χ2v) is 2.58. The van der Waals surface area contributed by atoms with E-state index in [0.717, 1.165) is 13.0 Å². The molecule has 60 valence electrons. The SMILES string of the molecule is C=COCCC1=CC=CCC1. The topological polar surface area (TPSA) is 9.23 Å². The Labute approximate surface area is 68.1 Å². The second kappa shape index (κ2) is 4.78. The Balaban J connectivity index is 2.19. The minimum Gasteiger partial charge on any atom is -0.501 e. The van der Waals surface area contributed by atoms with Crippen LogP contribution >= 0.6 is 0 Å². The summed E-state index contributed by atoms with van der Waals surface area (Å²) in [4.78, 5) is 0. The molecule has 0 aromatic rings. The van der Waals surface area contributed by atoms with E-state index >= 15 is 0 Å². The Morgan fingerprint density at radius 2 is 2.55 bits per heavy atom. The van der Waals surface area contributed by atoms with Crippen molar-refractivity contribution in [1.82, 2.24) is 0 Å². The Kier molecular flexibility index (Phi) is 3.53. The van der Waals surface area contributed by atoms with Crippen LogP contribution in [-0.2, 0) is 4.74 Å². The van der Waals surface area contributed by atoms with Gasteiger partial charge in [-0.1, -0.05) is 30.4 Å². The Bertz CT molecular complexity index is 177. The molecule has 0 heterocycles. The van der Waals surface area contributed by atoms with Gasteiger partial charge in [0.25, 0.3) is 0 Å². The minimum absolute atomic E-state index is 0.767. The van der Waals surface area contributed by atoms with Gasteiger partial charge in [0.05, 0.1) is 12.9 Å². The Hall–Kier alpha value is -0.980. The normalized spacial score (nSPS) is 15.8. The lowest BCUT2D eigenvalue weighted by molar-refractivity contribution is 0.253. The van der Waals surface area contributed by atoms with Crippen molar-refractivity contribution in [2.45, 2.75) is 19.3 Å². The third-order valence-electron chi connectivity index (χ3n) is 1.76. The molecule has 1 nitrogen and oxygen atoms in total. The monoisotopic (exact) mass is 150 g/mol. The van der Waals surface area contributed by atoms with E-state index in [4.69, 9.17) is 4.74 Å². The number of hydrogen-bond donors (Lipinski definition) is 0. The van der Waals surface area contributed by atoms with Crippen molar-refractivity contribution in [3.05, 3.63) is 36.6 Å². The summed E-state index contributed by atoms with van der Waals surface area (Å²) in [6.07, 6.45) is 11.4. The molecular formula is C10H14O. The van der Waals surface area contributed by atoms with Crippen molar-refractivity contribution in [1.29, 1.82) is 0 Å². The lowest BCUT2D eigenvalue weighted by Gasteiger charge is -2.07. The fraction of sp³-hybridized carbons (Fsp3) is 0.400. The van der Waals surface area contributed by atoms with Gasteiger partial charge in [0.15, 0.2) is 0 Å². The quantitative estimate of drug-likeness (QED) is 0.442. The first kappa shape index (κ1) is 8.12. The summed E-state index contributed by atoms with van der Waals surface area (Å²) in [6.45, 7) is 4.25. The highest BCUT2D eigenvalue weighted by Crippen LogP contribution is 2.14. The summed E-state index contributed by atoms with van der Waals surface area (Å²) in [7, 11) is 0. The first-order chi connectivity index (χ1) is 5.43. The van der Waals surface area contributed by atoms with Crippen LogP contribution in [0.5, 0.6) is 0 Å². The van der Waals surface area contributed by atoms with Gasteiger partial charge in [-0.05, 0) is 12.8 Å². The predicted octanol–water partition coefficient (Wildman–Crippen LogP) is 2.81. The van der Waals surface area contributed by atoms with Gasteiger partial charge in [0.2, 0.25) is 0 Å². The van der Waals surface area contributed by atoms with Crippen molar-refractivity contribution < 1.29 is 4.74 Å². The van der Waals surface area contributed by atoms with Crippen molar-refractivity contribution in [2.24, 2.45) is 0 Å². The Morgan fingerprint density at radius 3 is 3.18 bits per heavy atom. The summed E-state index contributed by atoms with van der Waals surface area (Å²) in [5.41, 5.74) is 1.48. The molecule has 0 radical (unpaired) electrons. The molecule has 1 rings (SSSR count). The van der Waals surface area contributed by atoms with Crippen LogP contribution in [0.15, 0.2) is 36.6 Å². The average molecular weight is 150 g/mol. The van der Waals surface area contributed by atoms with Crippen LogP contribution < -0.4 is 0 Å². The lowest BCUT2D eigenvalue weighted by Crippen LogP contribution is -1.93. The molecule has 0 saturated heterocycles. The van der Waals surface area contributed by atoms with E-state index in [1.165, 1.54) is 24.7 Å². The molecule has 0 aliphatic heterocycles. The average Bonchev–Trinajstić information content (AvgIpc) is 2.07. The maximum absolute atomic E-state index is 5.04. The largest absolute Gasteiger partial charge is 0.501 e. The number of allylic oxidation sites excluding steroid dienone is 3. The molecule has 11 heavy (non-hydrogen) atoms. The first-order valence-electron chi connectivity index (χ1n) is 4.00.